The molecule has 13 heavy (non-hydrogen) atoms. The molecular formula is C11H16N2. The van der Waals surface area contributed by atoms with Crippen LogP contribution in [-0.4, -0.2) is 11.6 Å². The van der Waals surface area contributed by atoms with Crippen molar-refractivity contribution in [3.05, 3.63) is 18.0 Å². The van der Waals surface area contributed by atoms with Gasteiger partial charge in [0.05, 0.1) is 11.4 Å². The smallest absolute Gasteiger partial charge is 0.0711 e. The van der Waals surface area contributed by atoms with E-state index in [9.17, 15) is 0 Å². The van der Waals surface area contributed by atoms with Crippen LogP contribution in [0.4, 0.5) is 0 Å². The third kappa shape index (κ3) is 2.67. The fourth-order valence-corrected chi connectivity index (χ4v) is 0.974. The van der Waals surface area contributed by atoms with Crippen molar-refractivity contribution < 1.29 is 0 Å². The van der Waals surface area contributed by atoms with E-state index in [0.717, 1.165) is 11.4 Å². The van der Waals surface area contributed by atoms with Crippen LogP contribution in [0.3, 0.4) is 0 Å². The highest BCUT2D eigenvalue weighted by molar-refractivity contribution is 6.03. The van der Waals surface area contributed by atoms with Gasteiger partial charge in [-0.3, -0.25) is 4.99 Å². The monoisotopic (exact) mass is 176 g/mol. The van der Waals surface area contributed by atoms with Crippen LogP contribution in [0.2, 0.25) is 0 Å². The van der Waals surface area contributed by atoms with E-state index < -0.39 is 0 Å². The Morgan fingerprint density at radius 2 is 1.85 bits per heavy atom. The first kappa shape index (κ1) is 9.94. The number of allylic oxidation sites excluding steroid dienone is 2. The molecule has 0 amide bonds. The number of nitrogens with zero attached hydrogens (tertiary/aromatic N) is 2. The molecule has 1 aliphatic heterocycles. The van der Waals surface area contributed by atoms with Gasteiger partial charge in [0.25, 0.3) is 0 Å². The summed E-state index contributed by atoms with van der Waals surface area (Å²) in [6.45, 7) is 8.44. The number of hydrogen-bond donors (Lipinski definition) is 0. The number of rotatable bonds is 2. The molecule has 2 nitrogen and oxygen atoms in total. The lowest BCUT2D eigenvalue weighted by Crippen LogP contribution is -2.02. The molecule has 1 rings (SSSR count). The van der Waals surface area contributed by atoms with Crippen molar-refractivity contribution in [2.75, 3.05) is 0 Å². The second-order valence-corrected chi connectivity index (χ2v) is 3.80. The lowest BCUT2D eigenvalue weighted by Gasteiger charge is -2.02. The Kier molecular flexibility index (Phi) is 3.21. The van der Waals surface area contributed by atoms with Crippen molar-refractivity contribution in [2.24, 2.45) is 21.8 Å². The topological polar surface area (TPSA) is 24.7 Å². The largest absolute Gasteiger partial charge is 0.258 e. The summed E-state index contributed by atoms with van der Waals surface area (Å²) in [5.41, 5.74) is 2.03. The molecule has 0 aromatic carbocycles. The molecule has 0 fully saturated rings. The summed E-state index contributed by atoms with van der Waals surface area (Å²) in [5.74, 6) is 3.76. The van der Waals surface area contributed by atoms with Crippen LogP contribution < -0.4 is 0 Å². The zero-order valence-corrected chi connectivity index (χ0v) is 8.70. The molecule has 0 saturated carbocycles. The lowest BCUT2D eigenvalue weighted by molar-refractivity contribution is 0.756. The summed E-state index contributed by atoms with van der Waals surface area (Å²) in [5, 5.41) is 0. The van der Waals surface area contributed by atoms with Crippen molar-refractivity contribution >= 4 is 11.6 Å². The SMILES string of the molecule is CC(C)C1=CN=C(C(C)C)C=C=N1. The zero-order valence-electron chi connectivity index (χ0n) is 8.70. The molecular weight excluding hydrogens is 160 g/mol. The molecule has 0 unspecified atom stereocenters. The minimum atomic E-state index is 0.413. The third-order valence-electron chi connectivity index (χ3n) is 1.94. The van der Waals surface area contributed by atoms with Crippen LogP contribution in [-0.2, 0) is 0 Å². The fourth-order valence-electron chi connectivity index (χ4n) is 0.974. The highest BCUT2D eigenvalue weighted by Gasteiger charge is 2.05. The molecule has 70 valence electrons. The van der Waals surface area contributed by atoms with Gasteiger partial charge in [0.2, 0.25) is 0 Å². The van der Waals surface area contributed by atoms with Gasteiger partial charge in [0.15, 0.2) is 0 Å². The second kappa shape index (κ2) is 4.20. The predicted molar refractivity (Wildman–Crippen MR) is 57.2 cm³/mol. The molecule has 0 aliphatic carbocycles. The van der Waals surface area contributed by atoms with Gasteiger partial charge in [-0.25, -0.2) is 4.99 Å². The van der Waals surface area contributed by atoms with E-state index in [1.165, 1.54) is 0 Å². The van der Waals surface area contributed by atoms with Crippen molar-refractivity contribution in [1.82, 2.24) is 0 Å². The van der Waals surface area contributed by atoms with Gasteiger partial charge >= 0.3 is 0 Å². The number of aliphatic imine (C=N–C) groups is 2. The second-order valence-electron chi connectivity index (χ2n) is 3.80. The number of hydrogen-bond acceptors (Lipinski definition) is 2. The Labute approximate surface area is 79.8 Å². The highest BCUT2D eigenvalue weighted by atomic mass is 14.8. The van der Waals surface area contributed by atoms with Crippen LogP contribution in [0.5, 0.6) is 0 Å². The lowest BCUT2D eigenvalue weighted by atomic mass is 10.1. The minimum absolute atomic E-state index is 0.413. The normalized spacial score (nSPS) is 16.2. The first-order chi connectivity index (χ1) is 6.11. The standard InChI is InChI=1S/C11H16N2/c1-8(2)10-5-6-12-11(7-13-10)9(3)4/h5,7-9H,1-4H3. The summed E-state index contributed by atoms with van der Waals surface area (Å²) in [6.07, 6.45) is 3.70. The van der Waals surface area contributed by atoms with E-state index in [4.69, 9.17) is 0 Å². The third-order valence-corrected chi connectivity index (χ3v) is 1.94. The minimum Gasteiger partial charge on any atom is -0.258 e. The molecule has 0 aromatic rings. The first-order valence-electron chi connectivity index (χ1n) is 4.68. The maximum atomic E-state index is 4.37. The van der Waals surface area contributed by atoms with Crippen molar-refractivity contribution in [3.63, 3.8) is 0 Å². The average molecular weight is 176 g/mol. The van der Waals surface area contributed by atoms with Gasteiger partial charge in [0.1, 0.15) is 0 Å². The van der Waals surface area contributed by atoms with Crippen molar-refractivity contribution in [1.29, 1.82) is 0 Å². The van der Waals surface area contributed by atoms with Gasteiger partial charge in [-0.05, 0) is 17.7 Å². The van der Waals surface area contributed by atoms with Gasteiger partial charge < -0.3 is 0 Å². The van der Waals surface area contributed by atoms with Gasteiger partial charge in [-0.15, -0.1) is 0 Å². The summed E-state index contributed by atoms with van der Waals surface area (Å²) in [7, 11) is 0. The molecule has 0 spiro atoms. The molecule has 0 atom stereocenters. The van der Waals surface area contributed by atoms with Crippen LogP contribution in [0.1, 0.15) is 27.7 Å². The first-order valence-corrected chi connectivity index (χ1v) is 4.68. The maximum absolute atomic E-state index is 4.37. The fraction of sp³-hybridized carbons (Fsp3) is 0.545. The Balaban J connectivity index is 2.94. The zero-order chi connectivity index (χ0) is 9.84. The van der Waals surface area contributed by atoms with Crippen LogP contribution in [0.25, 0.3) is 0 Å². The quantitative estimate of drug-likeness (QED) is 0.618. The van der Waals surface area contributed by atoms with E-state index in [1.807, 2.05) is 12.3 Å². The average Bonchev–Trinajstić information content (AvgIpc) is 2.27. The van der Waals surface area contributed by atoms with E-state index in [-0.39, 0.29) is 0 Å². The predicted octanol–water partition coefficient (Wildman–Crippen LogP) is 2.82. The molecule has 0 aromatic heterocycles. The highest BCUT2D eigenvalue weighted by Crippen LogP contribution is 2.12. The Morgan fingerprint density at radius 3 is 2.38 bits per heavy atom. The van der Waals surface area contributed by atoms with E-state index in [2.05, 4.69) is 43.5 Å². The van der Waals surface area contributed by atoms with Gasteiger partial charge in [0, 0.05) is 12.3 Å². The molecule has 1 aliphatic rings. The van der Waals surface area contributed by atoms with Crippen molar-refractivity contribution in [3.8, 4) is 0 Å². The van der Waals surface area contributed by atoms with E-state index in [0.29, 0.717) is 11.8 Å². The molecule has 2 heteroatoms. The van der Waals surface area contributed by atoms with Crippen LogP contribution >= 0.6 is 0 Å². The molecule has 0 radical (unpaired) electrons. The molecule has 1 heterocycles. The van der Waals surface area contributed by atoms with E-state index in [1.54, 1.807) is 0 Å². The molecule has 0 saturated heterocycles. The maximum Gasteiger partial charge on any atom is 0.0711 e. The van der Waals surface area contributed by atoms with Gasteiger partial charge in [-0.2, -0.15) is 0 Å². The summed E-state index contributed by atoms with van der Waals surface area (Å²) >= 11 is 0. The molecule has 0 N–H and O–H groups in total. The summed E-state index contributed by atoms with van der Waals surface area (Å²) in [4.78, 5) is 8.56. The summed E-state index contributed by atoms with van der Waals surface area (Å²) < 4.78 is 0. The molecule has 0 bridgehead atoms. The van der Waals surface area contributed by atoms with Gasteiger partial charge in [-0.1, -0.05) is 27.7 Å². The Hall–Kier alpha value is -1.14. The summed E-state index contributed by atoms with van der Waals surface area (Å²) in [6, 6.07) is 0. The Morgan fingerprint density at radius 1 is 1.15 bits per heavy atom. The van der Waals surface area contributed by atoms with Crippen LogP contribution in [0.15, 0.2) is 28.0 Å². The van der Waals surface area contributed by atoms with Crippen molar-refractivity contribution in [2.45, 2.75) is 27.7 Å². The Bertz CT molecular complexity index is 272. The van der Waals surface area contributed by atoms with E-state index >= 15 is 0 Å². The van der Waals surface area contributed by atoms with Crippen LogP contribution in [0, 0.1) is 11.8 Å².